The summed E-state index contributed by atoms with van der Waals surface area (Å²) in [5, 5.41) is 0.972. The summed E-state index contributed by atoms with van der Waals surface area (Å²) in [7, 11) is 0. The van der Waals surface area contributed by atoms with Crippen LogP contribution in [0, 0.1) is 6.92 Å². The van der Waals surface area contributed by atoms with E-state index >= 15 is 0 Å². The Morgan fingerprint density at radius 3 is 2.69 bits per heavy atom. The third kappa shape index (κ3) is 1.41. The summed E-state index contributed by atoms with van der Waals surface area (Å²) in [6, 6.07) is 0.224. The molecule has 0 saturated carbocycles. The second-order valence-electron chi connectivity index (χ2n) is 3.94. The van der Waals surface area contributed by atoms with Gasteiger partial charge in [-0.3, -0.25) is 4.79 Å². The predicted octanol–water partition coefficient (Wildman–Crippen LogP) is 2.79. The molecule has 0 radical (unpaired) electrons. The maximum Gasteiger partial charge on any atom is 0.152 e. The number of aromatic nitrogens is 3. The fraction of sp³-hybridized carbons (Fsp3) is 0.364. The quantitative estimate of drug-likeness (QED) is 0.596. The van der Waals surface area contributed by atoms with Gasteiger partial charge in [0.15, 0.2) is 6.29 Å². The van der Waals surface area contributed by atoms with E-state index in [4.69, 9.17) is 11.6 Å². The zero-order chi connectivity index (χ0) is 11.9. The second-order valence-corrected chi connectivity index (χ2v) is 4.30. The zero-order valence-electron chi connectivity index (χ0n) is 9.36. The third-order valence-corrected chi connectivity index (χ3v) is 2.95. The first-order chi connectivity index (χ1) is 7.57. The molecule has 16 heavy (non-hydrogen) atoms. The third-order valence-electron chi connectivity index (χ3n) is 2.66. The second kappa shape index (κ2) is 3.87. The molecule has 2 heterocycles. The van der Waals surface area contributed by atoms with Gasteiger partial charge >= 0.3 is 0 Å². The highest BCUT2D eigenvalue weighted by Crippen LogP contribution is 2.30. The standard InChI is InChI=1S/C11H12ClN3O/c1-6(2)15-7(3)8(4-16)9-10(12)13-5-14-11(9)15/h4-6H,1-3H3. The van der Waals surface area contributed by atoms with Gasteiger partial charge in [-0.05, 0) is 20.8 Å². The number of carbonyl (C=O) groups excluding carboxylic acids is 1. The molecule has 0 atom stereocenters. The molecule has 5 heteroatoms. The Morgan fingerprint density at radius 1 is 1.44 bits per heavy atom. The van der Waals surface area contributed by atoms with Gasteiger partial charge in [0.1, 0.15) is 17.1 Å². The van der Waals surface area contributed by atoms with E-state index in [2.05, 4.69) is 9.97 Å². The summed E-state index contributed by atoms with van der Waals surface area (Å²) in [6.45, 7) is 5.97. The van der Waals surface area contributed by atoms with E-state index in [-0.39, 0.29) is 6.04 Å². The Kier molecular flexibility index (Phi) is 2.68. The highest BCUT2D eigenvalue weighted by atomic mass is 35.5. The molecule has 0 aliphatic rings. The number of nitrogens with zero attached hydrogens (tertiary/aromatic N) is 3. The van der Waals surface area contributed by atoms with Crippen LogP contribution in [0.3, 0.4) is 0 Å². The lowest BCUT2D eigenvalue weighted by atomic mass is 10.2. The van der Waals surface area contributed by atoms with E-state index in [0.29, 0.717) is 16.1 Å². The Hall–Kier alpha value is -1.42. The first kappa shape index (κ1) is 11.1. The molecule has 0 bridgehead atoms. The van der Waals surface area contributed by atoms with Gasteiger partial charge in [-0.25, -0.2) is 9.97 Å². The van der Waals surface area contributed by atoms with Crippen LogP contribution in [0.25, 0.3) is 11.0 Å². The maximum atomic E-state index is 11.1. The number of halogens is 1. The molecule has 0 amide bonds. The summed E-state index contributed by atoms with van der Waals surface area (Å²) in [5.41, 5.74) is 2.17. The van der Waals surface area contributed by atoms with Crippen molar-refractivity contribution in [2.24, 2.45) is 0 Å². The number of fused-ring (bicyclic) bond motifs is 1. The predicted molar refractivity (Wildman–Crippen MR) is 63.0 cm³/mol. The van der Waals surface area contributed by atoms with Gasteiger partial charge in [0, 0.05) is 17.3 Å². The lowest BCUT2D eigenvalue weighted by Crippen LogP contribution is -2.04. The maximum absolute atomic E-state index is 11.1. The topological polar surface area (TPSA) is 47.8 Å². The minimum atomic E-state index is 0.224. The van der Waals surface area contributed by atoms with E-state index in [1.54, 1.807) is 0 Å². The van der Waals surface area contributed by atoms with Gasteiger partial charge in [-0.15, -0.1) is 0 Å². The minimum absolute atomic E-state index is 0.224. The molecule has 0 unspecified atom stereocenters. The van der Waals surface area contributed by atoms with Crippen molar-refractivity contribution in [3.8, 4) is 0 Å². The minimum Gasteiger partial charge on any atom is -0.327 e. The molecule has 0 aromatic carbocycles. The highest BCUT2D eigenvalue weighted by molar-refractivity contribution is 6.35. The van der Waals surface area contributed by atoms with E-state index in [1.165, 1.54) is 6.33 Å². The monoisotopic (exact) mass is 237 g/mol. The van der Waals surface area contributed by atoms with E-state index in [1.807, 2.05) is 25.3 Å². The average Bonchev–Trinajstić information content (AvgIpc) is 2.51. The zero-order valence-corrected chi connectivity index (χ0v) is 10.1. The lowest BCUT2D eigenvalue weighted by molar-refractivity contribution is 0.112. The summed E-state index contributed by atoms with van der Waals surface area (Å²) in [4.78, 5) is 19.2. The van der Waals surface area contributed by atoms with Crippen molar-refractivity contribution in [2.45, 2.75) is 26.8 Å². The van der Waals surface area contributed by atoms with Gasteiger partial charge in [-0.1, -0.05) is 11.6 Å². The van der Waals surface area contributed by atoms with E-state index < -0.39 is 0 Å². The van der Waals surface area contributed by atoms with Crippen LogP contribution in [0.15, 0.2) is 6.33 Å². The SMILES string of the molecule is Cc1c(C=O)c2c(Cl)ncnc2n1C(C)C. The molecule has 2 rings (SSSR count). The molecular formula is C11H12ClN3O. The normalized spacial score (nSPS) is 11.3. The molecule has 0 spiro atoms. The summed E-state index contributed by atoms with van der Waals surface area (Å²) in [6.07, 6.45) is 2.23. The van der Waals surface area contributed by atoms with Crippen LogP contribution in [0.4, 0.5) is 0 Å². The summed E-state index contributed by atoms with van der Waals surface area (Å²) < 4.78 is 1.99. The summed E-state index contributed by atoms with van der Waals surface area (Å²) >= 11 is 6.01. The Bertz CT molecular complexity index is 560. The van der Waals surface area contributed by atoms with Gasteiger partial charge in [0.25, 0.3) is 0 Å². The summed E-state index contributed by atoms with van der Waals surface area (Å²) in [5.74, 6) is 0. The fourth-order valence-corrected chi connectivity index (χ4v) is 2.25. The van der Waals surface area contributed by atoms with Crippen molar-refractivity contribution in [1.82, 2.24) is 14.5 Å². The molecule has 0 N–H and O–H groups in total. The molecule has 2 aromatic heterocycles. The Morgan fingerprint density at radius 2 is 2.12 bits per heavy atom. The van der Waals surface area contributed by atoms with Crippen LogP contribution >= 0.6 is 11.6 Å². The van der Waals surface area contributed by atoms with Crippen LogP contribution < -0.4 is 0 Å². The molecule has 0 saturated heterocycles. The smallest absolute Gasteiger partial charge is 0.152 e. The van der Waals surface area contributed by atoms with Crippen LogP contribution in [-0.2, 0) is 0 Å². The van der Waals surface area contributed by atoms with Crippen LogP contribution in [0.1, 0.15) is 35.9 Å². The van der Waals surface area contributed by atoms with Crippen molar-refractivity contribution in [3.63, 3.8) is 0 Å². The largest absolute Gasteiger partial charge is 0.327 e. The molecular weight excluding hydrogens is 226 g/mol. The van der Waals surface area contributed by atoms with Gasteiger partial charge in [0.2, 0.25) is 0 Å². The van der Waals surface area contributed by atoms with E-state index in [0.717, 1.165) is 17.6 Å². The van der Waals surface area contributed by atoms with E-state index in [9.17, 15) is 4.79 Å². The molecule has 2 aromatic rings. The number of hydrogen-bond acceptors (Lipinski definition) is 3. The molecule has 4 nitrogen and oxygen atoms in total. The number of hydrogen-bond donors (Lipinski definition) is 0. The first-order valence-corrected chi connectivity index (χ1v) is 5.42. The number of aldehydes is 1. The van der Waals surface area contributed by atoms with Crippen LogP contribution in [0.2, 0.25) is 5.15 Å². The Labute approximate surface area is 98.3 Å². The van der Waals surface area contributed by atoms with Gasteiger partial charge in [-0.2, -0.15) is 0 Å². The van der Waals surface area contributed by atoms with Crippen molar-refractivity contribution in [3.05, 3.63) is 22.7 Å². The highest BCUT2D eigenvalue weighted by Gasteiger charge is 2.19. The van der Waals surface area contributed by atoms with Gasteiger partial charge < -0.3 is 4.57 Å². The van der Waals surface area contributed by atoms with Gasteiger partial charge in [0.05, 0.1) is 5.39 Å². The van der Waals surface area contributed by atoms with Crippen molar-refractivity contribution in [2.75, 3.05) is 0 Å². The molecule has 0 aliphatic carbocycles. The molecule has 0 aliphatic heterocycles. The number of carbonyl (C=O) groups is 1. The molecule has 84 valence electrons. The Balaban J connectivity index is 2.97. The van der Waals surface area contributed by atoms with Crippen LogP contribution in [-0.4, -0.2) is 20.8 Å². The first-order valence-electron chi connectivity index (χ1n) is 5.04. The van der Waals surface area contributed by atoms with Crippen molar-refractivity contribution in [1.29, 1.82) is 0 Å². The average molecular weight is 238 g/mol. The van der Waals surface area contributed by atoms with Crippen molar-refractivity contribution >= 4 is 28.9 Å². The fourth-order valence-electron chi connectivity index (χ4n) is 2.02. The lowest BCUT2D eigenvalue weighted by Gasteiger charge is -2.11. The number of rotatable bonds is 2. The van der Waals surface area contributed by atoms with Crippen LogP contribution in [0.5, 0.6) is 0 Å². The molecule has 0 fully saturated rings. The van der Waals surface area contributed by atoms with Crippen molar-refractivity contribution < 1.29 is 4.79 Å².